The van der Waals surface area contributed by atoms with Crippen molar-refractivity contribution in [3.05, 3.63) is 23.3 Å². The fourth-order valence-corrected chi connectivity index (χ4v) is 5.11. The van der Waals surface area contributed by atoms with Gasteiger partial charge in [0.1, 0.15) is 12.2 Å². The molecule has 4 nitrogen and oxygen atoms in total. The average Bonchev–Trinajstić information content (AvgIpc) is 3.08. The molecule has 112 valence electrons. The smallest absolute Gasteiger partial charge is 0.334 e. The Balaban J connectivity index is 1.83. The van der Waals surface area contributed by atoms with E-state index in [9.17, 15) is 9.59 Å². The minimum Gasteiger partial charge on any atom is -0.457 e. The van der Waals surface area contributed by atoms with E-state index in [1.165, 1.54) is 18.9 Å². The van der Waals surface area contributed by atoms with Gasteiger partial charge in [-0.2, -0.15) is 0 Å². The van der Waals surface area contributed by atoms with Gasteiger partial charge in [-0.3, -0.25) is 4.79 Å². The zero-order valence-electron chi connectivity index (χ0n) is 12.6. The molecule has 3 saturated carbocycles. The quantitative estimate of drug-likeness (QED) is 0.549. The van der Waals surface area contributed by atoms with E-state index in [0.29, 0.717) is 17.4 Å². The Morgan fingerprint density at radius 1 is 1.48 bits per heavy atom. The lowest BCUT2D eigenvalue weighted by atomic mass is 9.62. The molecule has 0 amide bonds. The molecule has 3 fully saturated rings. The van der Waals surface area contributed by atoms with Crippen LogP contribution in [0, 0.1) is 23.2 Å². The Labute approximate surface area is 124 Å². The lowest BCUT2D eigenvalue weighted by molar-refractivity contribution is -0.153. The normalized spacial score (nSPS) is 46.7. The first kappa shape index (κ1) is 13.1. The average molecular weight is 288 g/mol. The number of carbonyl (C=O) groups excluding carboxylic acids is 2. The fraction of sp³-hybridized carbons (Fsp3) is 0.647. The molecule has 21 heavy (non-hydrogen) atoms. The monoisotopic (exact) mass is 288 g/mol. The maximum absolute atomic E-state index is 11.9. The molecule has 0 bridgehead atoms. The molecule has 4 heteroatoms. The van der Waals surface area contributed by atoms with Crippen molar-refractivity contribution in [1.82, 2.24) is 0 Å². The lowest BCUT2D eigenvalue weighted by Gasteiger charge is -2.46. The second-order valence-corrected chi connectivity index (χ2v) is 7.22. The van der Waals surface area contributed by atoms with Crippen LogP contribution in [0.1, 0.15) is 33.6 Å². The third-order valence-corrected chi connectivity index (χ3v) is 6.09. The molecule has 0 saturated heterocycles. The standard InChI is InChI=1S/C17H20O4/c1-7-10-5-11(10)17(4)6-12-13(8(2)16(19)21-12)15(14(7)17)20-9(3)18/h10-12,14-15H,1,5-6H2,2-4H3/t10-,11-,12+,14-,15+,17+/m1/s1. The third-order valence-electron chi connectivity index (χ3n) is 6.09. The van der Waals surface area contributed by atoms with Crippen LogP contribution < -0.4 is 0 Å². The van der Waals surface area contributed by atoms with Gasteiger partial charge in [-0.1, -0.05) is 19.1 Å². The Kier molecular flexibility index (Phi) is 2.36. The van der Waals surface area contributed by atoms with Crippen LogP contribution in [-0.4, -0.2) is 24.1 Å². The topological polar surface area (TPSA) is 52.6 Å². The van der Waals surface area contributed by atoms with Gasteiger partial charge in [0, 0.05) is 24.0 Å². The molecule has 3 aliphatic carbocycles. The summed E-state index contributed by atoms with van der Waals surface area (Å²) in [4.78, 5) is 23.5. The Bertz CT molecular complexity index is 616. The zero-order valence-corrected chi connectivity index (χ0v) is 12.6. The van der Waals surface area contributed by atoms with Crippen molar-refractivity contribution in [2.45, 2.75) is 45.8 Å². The molecule has 4 aliphatic rings. The largest absolute Gasteiger partial charge is 0.457 e. The van der Waals surface area contributed by atoms with E-state index >= 15 is 0 Å². The summed E-state index contributed by atoms with van der Waals surface area (Å²) >= 11 is 0. The molecule has 4 rings (SSSR count). The van der Waals surface area contributed by atoms with Crippen LogP contribution in [0.25, 0.3) is 0 Å². The van der Waals surface area contributed by atoms with Crippen LogP contribution >= 0.6 is 0 Å². The third kappa shape index (κ3) is 1.51. The van der Waals surface area contributed by atoms with Crippen LogP contribution in [0.3, 0.4) is 0 Å². The Morgan fingerprint density at radius 2 is 2.19 bits per heavy atom. The van der Waals surface area contributed by atoms with E-state index < -0.39 is 0 Å². The summed E-state index contributed by atoms with van der Waals surface area (Å²) in [5, 5.41) is 0. The first-order chi connectivity index (χ1) is 9.84. The molecule has 0 spiro atoms. The van der Waals surface area contributed by atoms with Crippen molar-refractivity contribution >= 4 is 11.9 Å². The van der Waals surface area contributed by atoms with Crippen molar-refractivity contribution in [2.75, 3.05) is 0 Å². The minimum atomic E-state index is -0.377. The van der Waals surface area contributed by atoms with Crippen molar-refractivity contribution in [3.63, 3.8) is 0 Å². The summed E-state index contributed by atoms with van der Waals surface area (Å²) < 4.78 is 11.2. The number of hydrogen-bond acceptors (Lipinski definition) is 4. The number of rotatable bonds is 1. The van der Waals surface area contributed by atoms with E-state index in [0.717, 1.165) is 12.0 Å². The van der Waals surface area contributed by atoms with Gasteiger partial charge in [-0.15, -0.1) is 0 Å². The van der Waals surface area contributed by atoms with Crippen molar-refractivity contribution in [3.8, 4) is 0 Å². The molecule has 0 N–H and O–H groups in total. The second kappa shape index (κ2) is 3.79. The van der Waals surface area contributed by atoms with Crippen molar-refractivity contribution in [1.29, 1.82) is 0 Å². The van der Waals surface area contributed by atoms with Crippen LogP contribution in [0.15, 0.2) is 23.3 Å². The predicted octanol–water partition coefficient (Wildman–Crippen LogP) is 2.39. The number of fused-ring (bicyclic) bond motifs is 4. The van der Waals surface area contributed by atoms with Crippen molar-refractivity contribution < 1.29 is 19.1 Å². The Hall–Kier alpha value is -1.58. The number of esters is 2. The van der Waals surface area contributed by atoms with E-state index in [4.69, 9.17) is 9.47 Å². The number of ether oxygens (including phenoxy) is 2. The van der Waals surface area contributed by atoms with E-state index in [-0.39, 0.29) is 35.5 Å². The van der Waals surface area contributed by atoms with Gasteiger partial charge in [0.05, 0.1) is 0 Å². The molecular weight excluding hydrogens is 268 g/mol. The molecular formula is C17H20O4. The van der Waals surface area contributed by atoms with Crippen LogP contribution in [0.5, 0.6) is 0 Å². The summed E-state index contributed by atoms with van der Waals surface area (Å²) in [6, 6.07) is 0. The molecule has 0 aromatic rings. The van der Waals surface area contributed by atoms with Gasteiger partial charge in [0.15, 0.2) is 0 Å². The maximum atomic E-state index is 11.9. The zero-order chi connectivity index (χ0) is 15.1. The first-order valence-electron chi connectivity index (χ1n) is 7.62. The summed E-state index contributed by atoms with van der Waals surface area (Å²) in [6.07, 6.45) is 1.40. The van der Waals surface area contributed by atoms with E-state index in [2.05, 4.69) is 13.5 Å². The van der Waals surface area contributed by atoms with Gasteiger partial charge in [-0.05, 0) is 37.0 Å². The molecule has 6 atom stereocenters. The highest BCUT2D eigenvalue weighted by molar-refractivity contribution is 5.92. The van der Waals surface area contributed by atoms with Gasteiger partial charge >= 0.3 is 11.9 Å². The molecule has 1 heterocycles. The highest BCUT2D eigenvalue weighted by atomic mass is 16.6. The number of hydrogen-bond donors (Lipinski definition) is 0. The summed E-state index contributed by atoms with van der Waals surface area (Å²) in [7, 11) is 0. The fourth-order valence-electron chi connectivity index (χ4n) is 5.11. The van der Waals surface area contributed by atoms with Gasteiger partial charge in [-0.25, -0.2) is 4.79 Å². The summed E-state index contributed by atoms with van der Waals surface area (Å²) in [5.74, 6) is 0.716. The highest BCUT2D eigenvalue weighted by Crippen LogP contribution is 2.72. The SMILES string of the molecule is C=C1[C@H]2C[C@H]2[C@]2(C)C[C@@H]3OC(=O)C(C)=C3[C@H](OC(C)=O)[C@@H]12. The van der Waals surface area contributed by atoms with Crippen molar-refractivity contribution in [2.24, 2.45) is 23.2 Å². The predicted molar refractivity (Wildman–Crippen MR) is 75.1 cm³/mol. The Morgan fingerprint density at radius 3 is 2.86 bits per heavy atom. The minimum absolute atomic E-state index is 0.0287. The van der Waals surface area contributed by atoms with Crippen LogP contribution in [-0.2, 0) is 19.1 Å². The molecule has 1 aliphatic heterocycles. The summed E-state index contributed by atoms with van der Waals surface area (Å²) in [5.41, 5.74) is 2.72. The molecule has 0 aromatic heterocycles. The van der Waals surface area contributed by atoms with E-state index in [1.54, 1.807) is 6.92 Å². The van der Waals surface area contributed by atoms with Gasteiger partial charge in [0.25, 0.3) is 0 Å². The molecule has 0 aromatic carbocycles. The summed E-state index contributed by atoms with van der Waals surface area (Å²) in [6.45, 7) is 9.72. The molecule has 0 unspecified atom stereocenters. The lowest BCUT2D eigenvalue weighted by Crippen LogP contribution is -2.48. The van der Waals surface area contributed by atoms with Gasteiger partial charge in [0.2, 0.25) is 0 Å². The number of carbonyl (C=O) groups is 2. The van der Waals surface area contributed by atoms with E-state index in [1.807, 2.05) is 0 Å². The first-order valence-corrected chi connectivity index (χ1v) is 7.62. The molecule has 0 radical (unpaired) electrons. The van der Waals surface area contributed by atoms with Gasteiger partial charge < -0.3 is 9.47 Å². The maximum Gasteiger partial charge on any atom is 0.334 e. The van der Waals surface area contributed by atoms with Crippen LogP contribution in [0.4, 0.5) is 0 Å². The highest BCUT2D eigenvalue weighted by Gasteiger charge is 2.69. The second-order valence-electron chi connectivity index (χ2n) is 7.22. The van der Waals surface area contributed by atoms with Crippen LogP contribution in [0.2, 0.25) is 0 Å².